The lowest BCUT2D eigenvalue weighted by Crippen LogP contribution is -2.23. The number of hydrogen-bond donors (Lipinski definition) is 1. The van der Waals surface area contributed by atoms with E-state index in [1.54, 1.807) is 6.07 Å². The molecule has 0 aliphatic heterocycles. The average Bonchev–Trinajstić information content (AvgIpc) is 2.14. The van der Waals surface area contributed by atoms with Gasteiger partial charge in [-0.3, -0.25) is 5.32 Å². The number of carbonyl (C=O) groups excluding carboxylic acids is 1. The summed E-state index contributed by atoms with van der Waals surface area (Å²) in [6, 6.07) is 3.03. The van der Waals surface area contributed by atoms with Gasteiger partial charge < -0.3 is 4.74 Å². The van der Waals surface area contributed by atoms with Crippen molar-refractivity contribution in [2.24, 2.45) is 0 Å². The Morgan fingerprint density at radius 3 is 2.81 bits per heavy atom. The number of pyridine rings is 1. The van der Waals surface area contributed by atoms with Crippen molar-refractivity contribution < 1.29 is 22.7 Å². The maximum absolute atomic E-state index is 11.7. The van der Waals surface area contributed by atoms with Gasteiger partial charge in [0.15, 0.2) is 6.61 Å². The smallest absolute Gasteiger partial charge is 0.422 e. The third-order valence-electron chi connectivity index (χ3n) is 1.32. The summed E-state index contributed by atoms with van der Waals surface area (Å²) in [6.07, 6.45) is -4.37. The van der Waals surface area contributed by atoms with Crippen LogP contribution >= 0.6 is 15.9 Å². The second-order valence-corrected chi connectivity index (χ2v) is 3.59. The number of alkyl halides is 3. The highest BCUT2D eigenvalue weighted by molar-refractivity contribution is 9.10. The summed E-state index contributed by atoms with van der Waals surface area (Å²) in [5.74, 6) is 0.0987. The van der Waals surface area contributed by atoms with Gasteiger partial charge >= 0.3 is 12.3 Å². The third kappa shape index (κ3) is 4.96. The summed E-state index contributed by atoms with van der Waals surface area (Å²) in [5.41, 5.74) is 0. The largest absolute Gasteiger partial charge is 0.440 e. The molecule has 88 valence electrons. The van der Waals surface area contributed by atoms with Crippen LogP contribution in [-0.4, -0.2) is 23.9 Å². The molecule has 0 saturated heterocycles. The average molecular weight is 299 g/mol. The molecule has 0 atom stereocenters. The number of anilines is 1. The number of ether oxygens (including phenoxy) is 1. The first-order valence-corrected chi connectivity index (χ1v) is 4.78. The number of halogens is 4. The molecule has 1 rings (SSSR count). The Labute approximate surface area is 96.9 Å². The second kappa shape index (κ2) is 5.15. The van der Waals surface area contributed by atoms with Crippen molar-refractivity contribution in [3.8, 4) is 0 Å². The maximum atomic E-state index is 11.7. The van der Waals surface area contributed by atoms with Gasteiger partial charge in [0.25, 0.3) is 0 Å². The third-order valence-corrected chi connectivity index (χ3v) is 1.81. The van der Waals surface area contributed by atoms with Gasteiger partial charge in [0, 0.05) is 10.7 Å². The van der Waals surface area contributed by atoms with Gasteiger partial charge in [0.1, 0.15) is 5.82 Å². The van der Waals surface area contributed by atoms with Crippen molar-refractivity contribution in [2.75, 3.05) is 11.9 Å². The predicted octanol–water partition coefficient (Wildman–Crippen LogP) is 2.95. The van der Waals surface area contributed by atoms with Crippen LogP contribution in [0.4, 0.5) is 23.8 Å². The molecule has 4 nitrogen and oxygen atoms in total. The molecule has 0 unspecified atom stereocenters. The summed E-state index contributed by atoms with van der Waals surface area (Å²) in [4.78, 5) is 14.6. The molecule has 0 aliphatic carbocycles. The Kier molecular flexibility index (Phi) is 4.11. The van der Waals surface area contributed by atoms with Gasteiger partial charge in [0.2, 0.25) is 0 Å². The number of carbonyl (C=O) groups is 1. The number of nitrogens with zero attached hydrogens (tertiary/aromatic N) is 1. The molecule has 0 aromatic carbocycles. The van der Waals surface area contributed by atoms with Crippen molar-refractivity contribution in [3.05, 3.63) is 22.8 Å². The number of rotatable bonds is 2. The predicted molar refractivity (Wildman–Crippen MR) is 53.0 cm³/mol. The number of nitrogens with one attached hydrogen (secondary N) is 1. The minimum atomic E-state index is -4.54. The number of aromatic nitrogens is 1. The Bertz CT molecular complexity index is 384. The van der Waals surface area contributed by atoms with E-state index in [-0.39, 0.29) is 5.82 Å². The van der Waals surface area contributed by atoms with Crippen LogP contribution in [0.15, 0.2) is 22.8 Å². The minimum absolute atomic E-state index is 0.0987. The first-order valence-electron chi connectivity index (χ1n) is 3.99. The molecule has 1 aromatic heterocycles. The van der Waals surface area contributed by atoms with Crippen LogP contribution < -0.4 is 5.32 Å². The topological polar surface area (TPSA) is 51.2 Å². The zero-order valence-electron chi connectivity index (χ0n) is 7.71. The van der Waals surface area contributed by atoms with Gasteiger partial charge in [-0.1, -0.05) is 15.9 Å². The minimum Gasteiger partial charge on any atom is -0.440 e. The summed E-state index contributed by atoms with van der Waals surface area (Å²) in [5, 5.41) is 2.05. The quantitative estimate of drug-likeness (QED) is 0.913. The van der Waals surface area contributed by atoms with Crippen LogP contribution in [0.2, 0.25) is 0 Å². The monoisotopic (exact) mass is 298 g/mol. The van der Waals surface area contributed by atoms with Crippen LogP contribution in [0, 0.1) is 0 Å². The van der Waals surface area contributed by atoms with Gasteiger partial charge in [-0.05, 0) is 12.1 Å². The SMILES string of the molecule is O=C(Nc1cc(Br)ccn1)OCC(F)(F)F. The molecule has 0 bridgehead atoms. The van der Waals surface area contributed by atoms with Crippen molar-refractivity contribution >= 4 is 27.8 Å². The molecule has 0 spiro atoms. The fraction of sp³-hybridized carbons (Fsp3) is 0.250. The molecule has 1 amide bonds. The second-order valence-electron chi connectivity index (χ2n) is 2.68. The summed E-state index contributed by atoms with van der Waals surface area (Å²) in [7, 11) is 0. The van der Waals surface area contributed by atoms with Crippen molar-refractivity contribution in [2.45, 2.75) is 6.18 Å². The van der Waals surface area contributed by atoms with E-state index < -0.39 is 18.9 Å². The summed E-state index contributed by atoms with van der Waals surface area (Å²) < 4.78 is 39.6. The fourth-order valence-electron chi connectivity index (χ4n) is 0.761. The zero-order chi connectivity index (χ0) is 12.2. The molecule has 0 aliphatic rings. The van der Waals surface area contributed by atoms with E-state index in [1.165, 1.54) is 12.3 Å². The molecule has 0 saturated carbocycles. The molecule has 1 heterocycles. The van der Waals surface area contributed by atoms with Crippen LogP contribution in [0.1, 0.15) is 0 Å². The lowest BCUT2D eigenvalue weighted by Gasteiger charge is -2.08. The molecule has 0 radical (unpaired) electrons. The molecule has 0 fully saturated rings. The molecular weight excluding hydrogens is 293 g/mol. The molecule has 8 heteroatoms. The van der Waals surface area contributed by atoms with Gasteiger partial charge in [-0.15, -0.1) is 0 Å². The van der Waals surface area contributed by atoms with Crippen molar-refractivity contribution in [3.63, 3.8) is 0 Å². The van der Waals surface area contributed by atoms with Gasteiger partial charge in [-0.2, -0.15) is 13.2 Å². The Hall–Kier alpha value is -1.31. The zero-order valence-corrected chi connectivity index (χ0v) is 9.30. The molecule has 1 aromatic rings. The Balaban J connectivity index is 2.46. The van der Waals surface area contributed by atoms with E-state index >= 15 is 0 Å². The van der Waals surface area contributed by atoms with E-state index in [4.69, 9.17) is 0 Å². The van der Waals surface area contributed by atoms with E-state index in [1.807, 2.05) is 0 Å². The van der Waals surface area contributed by atoms with Crippen LogP contribution in [0.3, 0.4) is 0 Å². The highest BCUT2D eigenvalue weighted by Crippen LogP contribution is 2.16. The van der Waals surface area contributed by atoms with E-state index in [9.17, 15) is 18.0 Å². The van der Waals surface area contributed by atoms with E-state index in [2.05, 4.69) is 31.0 Å². The summed E-state index contributed by atoms with van der Waals surface area (Å²) >= 11 is 3.11. The molecule has 16 heavy (non-hydrogen) atoms. The number of amides is 1. The van der Waals surface area contributed by atoms with Crippen molar-refractivity contribution in [1.82, 2.24) is 4.98 Å². The Morgan fingerprint density at radius 2 is 2.25 bits per heavy atom. The van der Waals surface area contributed by atoms with E-state index in [0.29, 0.717) is 4.47 Å². The van der Waals surface area contributed by atoms with Gasteiger partial charge in [0.05, 0.1) is 0 Å². The summed E-state index contributed by atoms with van der Waals surface area (Å²) in [6.45, 7) is -1.63. The van der Waals surface area contributed by atoms with E-state index in [0.717, 1.165) is 0 Å². The maximum Gasteiger partial charge on any atom is 0.422 e. The van der Waals surface area contributed by atoms with Crippen LogP contribution in [0.5, 0.6) is 0 Å². The lowest BCUT2D eigenvalue weighted by molar-refractivity contribution is -0.159. The highest BCUT2D eigenvalue weighted by Gasteiger charge is 2.29. The fourth-order valence-corrected chi connectivity index (χ4v) is 1.10. The lowest BCUT2D eigenvalue weighted by atomic mass is 10.5. The van der Waals surface area contributed by atoms with Crippen LogP contribution in [0.25, 0.3) is 0 Å². The molecule has 1 N–H and O–H groups in total. The van der Waals surface area contributed by atoms with Gasteiger partial charge in [-0.25, -0.2) is 9.78 Å². The van der Waals surface area contributed by atoms with Crippen molar-refractivity contribution in [1.29, 1.82) is 0 Å². The molecular formula is C8H6BrF3N2O2. The standard InChI is InChI=1S/C8H6BrF3N2O2/c9-5-1-2-13-6(3-5)14-7(15)16-4-8(10,11)12/h1-3H,4H2,(H,13,14,15). The number of hydrogen-bond acceptors (Lipinski definition) is 3. The highest BCUT2D eigenvalue weighted by atomic mass is 79.9. The first-order chi connectivity index (χ1) is 7.37. The normalized spacial score (nSPS) is 11.0. The van der Waals surface area contributed by atoms with Crippen LogP contribution in [-0.2, 0) is 4.74 Å². The first kappa shape index (κ1) is 12.8. The Morgan fingerprint density at radius 1 is 1.56 bits per heavy atom.